The molecule has 0 bridgehead atoms. The van der Waals surface area contributed by atoms with Crippen molar-refractivity contribution >= 4 is 28.8 Å². The Bertz CT molecular complexity index is 1640. The predicted molar refractivity (Wildman–Crippen MR) is 155 cm³/mol. The van der Waals surface area contributed by atoms with Crippen LogP contribution in [0.2, 0.25) is 0 Å². The highest BCUT2D eigenvalue weighted by atomic mass is 19.2. The molecule has 0 unspecified atom stereocenters. The third-order valence-corrected chi connectivity index (χ3v) is 6.92. The highest BCUT2D eigenvalue weighted by Crippen LogP contribution is 2.33. The number of amides is 2. The van der Waals surface area contributed by atoms with E-state index in [2.05, 4.69) is 20.6 Å². The maximum Gasteiger partial charge on any atom is 0.305 e. The average molecular weight is 575 g/mol. The normalized spacial score (nSPS) is 12.6. The van der Waals surface area contributed by atoms with E-state index in [1.807, 2.05) is 45.9 Å². The Hall–Kier alpha value is -4.73. The van der Waals surface area contributed by atoms with E-state index >= 15 is 4.39 Å². The van der Waals surface area contributed by atoms with Crippen LogP contribution >= 0.6 is 0 Å². The van der Waals surface area contributed by atoms with Gasteiger partial charge in [0.15, 0.2) is 17.3 Å². The van der Waals surface area contributed by atoms with E-state index < -0.39 is 47.9 Å². The number of nitrogens with one attached hydrogen (secondary N) is 2. The number of aryl methyl sites for hydroxylation is 2. The lowest BCUT2D eigenvalue weighted by atomic mass is 9.92. The van der Waals surface area contributed by atoms with Crippen molar-refractivity contribution in [3.8, 4) is 11.1 Å². The second-order valence-electron chi connectivity index (χ2n) is 10.7. The number of hydrogen-bond acceptors (Lipinski definition) is 5. The molecule has 3 N–H and O–H groups in total. The zero-order valence-corrected chi connectivity index (χ0v) is 23.7. The number of halogens is 2. The van der Waals surface area contributed by atoms with Crippen LogP contribution in [0.3, 0.4) is 0 Å². The molecule has 218 valence electrons. The second kappa shape index (κ2) is 12.8. The zero-order valence-electron chi connectivity index (χ0n) is 23.7. The van der Waals surface area contributed by atoms with Gasteiger partial charge in [-0.2, -0.15) is 0 Å². The Morgan fingerprint density at radius 3 is 2.33 bits per heavy atom. The number of carboxylic acid groups (broad SMARTS) is 1. The molecule has 4 aromatic rings. The van der Waals surface area contributed by atoms with Gasteiger partial charge in [-0.3, -0.25) is 14.4 Å². The number of carbonyl (C=O) groups excluding carboxylic acids is 2. The van der Waals surface area contributed by atoms with Gasteiger partial charge in [0.1, 0.15) is 11.7 Å². The SMILES string of the molecule is Cc1cccc(C)c1-c1cc(F)c(F)c([C@H](CC(=O)O)NC(=O)[C@H](CC(C)C)NC(=O)c2ccc3cccnc3n2)c1. The molecule has 0 aliphatic heterocycles. The summed E-state index contributed by atoms with van der Waals surface area (Å²) in [4.78, 5) is 46.8. The maximum absolute atomic E-state index is 15.2. The predicted octanol–water partition coefficient (Wildman–Crippen LogP) is 5.67. The van der Waals surface area contributed by atoms with Crippen molar-refractivity contribution in [2.24, 2.45) is 5.92 Å². The molecule has 8 nitrogen and oxygen atoms in total. The van der Waals surface area contributed by atoms with E-state index in [9.17, 15) is 23.9 Å². The van der Waals surface area contributed by atoms with Gasteiger partial charge < -0.3 is 15.7 Å². The summed E-state index contributed by atoms with van der Waals surface area (Å²) in [6.07, 6.45) is 1.03. The third-order valence-electron chi connectivity index (χ3n) is 6.92. The number of rotatable bonds is 10. The summed E-state index contributed by atoms with van der Waals surface area (Å²) < 4.78 is 30.1. The number of aliphatic carboxylic acids is 1. The number of benzene rings is 2. The number of nitrogens with zero attached hydrogens (tertiary/aromatic N) is 2. The fourth-order valence-electron chi connectivity index (χ4n) is 4.98. The van der Waals surface area contributed by atoms with Gasteiger partial charge >= 0.3 is 5.97 Å². The molecular formula is C32H32F2N4O4. The topological polar surface area (TPSA) is 121 Å². The standard InChI is InChI=1S/C32H32F2N4O4/c1-17(2)13-26(38-31(41)24-11-10-20-9-6-12-35-30(20)36-24)32(42)37-25(16-27(39)40)22-14-21(15-23(33)29(22)34)28-18(3)7-5-8-19(28)4/h5-12,14-15,17,25-26H,13,16H2,1-4H3,(H,37,42)(H,38,41)(H,39,40)/t25-,26-/m0/s1. The second-order valence-corrected chi connectivity index (χ2v) is 10.7. The molecule has 2 aromatic heterocycles. The molecule has 0 spiro atoms. The lowest BCUT2D eigenvalue weighted by Gasteiger charge is -2.25. The van der Waals surface area contributed by atoms with Crippen LogP contribution in [-0.4, -0.2) is 38.9 Å². The maximum atomic E-state index is 15.2. The van der Waals surface area contributed by atoms with Crippen molar-refractivity contribution in [1.29, 1.82) is 0 Å². The van der Waals surface area contributed by atoms with Crippen LogP contribution in [0.4, 0.5) is 8.78 Å². The molecule has 4 rings (SSSR count). The quantitative estimate of drug-likeness (QED) is 0.225. The van der Waals surface area contributed by atoms with Gasteiger partial charge in [-0.15, -0.1) is 0 Å². The van der Waals surface area contributed by atoms with Crippen molar-refractivity contribution in [2.45, 2.75) is 52.6 Å². The highest BCUT2D eigenvalue weighted by Gasteiger charge is 2.29. The first-order valence-corrected chi connectivity index (χ1v) is 13.5. The molecule has 0 saturated heterocycles. The summed E-state index contributed by atoms with van der Waals surface area (Å²) in [7, 11) is 0. The van der Waals surface area contributed by atoms with E-state index in [-0.39, 0.29) is 23.6 Å². The largest absolute Gasteiger partial charge is 0.481 e. The van der Waals surface area contributed by atoms with Crippen molar-refractivity contribution < 1.29 is 28.3 Å². The fraction of sp³-hybridized carbons (Fsp3) is 0.281. The summed E-state index contributed by atoms with van der Waals surface area (Å²) in [6, 6.07) is 12.1. The average Bonchev–Trinajstić information content (AvgIpc) is 2.93. The van der Waals surface area contributed by atoms with Gasteiger partial charge in [-0.05, 0) is 84.8 Å². The van der Waals surface area contributed by atoms with Crippen LogP contribution < -0.4 is 10.6 Å². The van der Waals surface area contributed by atoms with Gasteiger partial charge in [0.25, 0.3) is 5.91 Å². The van der Waals surface area contributed by atoms with Crippen molar-refractivity contribution in [2.75, 3.05) is 0 Å². The van der Waals surface area contributed by atoms with Gasteiger partial charge in [0.2, 0.25) is 5.91 Å². The Balaban J connectivity index is 1.66. The summed E-state index contributed by atoms with van der Waals surface area (Å²) in [5, 5.41) is 15.6. The summed E-state index contributed by atoms with van der Waals surface area (Å²) >= 11 is 0. The molecule has 2 amide bonds. The van der Waals surface area contributed by atoms with Gasteiger partial charge in [0.05, 0.1) is 12.5 Å². The third kappa shape index (κ3) is 6.94. The van der Waals surface area contributed by atoms with E-state index in [0.29, 0.717) is 16.8 Å². The van der Waals surface area contributed by atoms with E-state index in [0.717, 1.165) is 22.6 Å². The van der Waals surface area contributed by atoms with E-state index in [4.69, 9.17) is 0 Å². The van der Waals surface area contributed by atoms with E-state index in [1.54, 1.807) is 24.4 Å². The van der Waals surface area contributed by atoms with Crippen molar-refractivity contribution in [3.63, 3.8) is 0 Å². The minimum atomic E-state index is -1.41. The molecule has 10 heteroatoms. The molecule has 0 aliphatic rings. The molecular weight excluding hydrogens is 542 g/mol. The number of carboxylic acids is 1. The van der Waals surface area contributed by atoms with E-state index in [1.165, 1.54) is 12.1 Å². The van der Waals surface area contributed by atoms with Crippen LogP contribution in [0, 0.1) is 31.4 Å². The Morgan fingerprint density at radius 2 is 1.67 bits per heavy atom. The van der Waals surface area contributed by atoms with Gasteiger partial charge in [-0.1, -0.05) is 32.0 Å². The number of pyridine rings is 2. The highest BCUT2D eigenvalue weighted by molar-refractivity contribution is 5.97. The summed E-state index contributed by atoms with van der Waals surface area (Å²) in [5.74, 6) is -5.17. The van der Waals surface area contributed by atoms with Gasteiger partial charge in [-0.25, -0.2) is 18.7 Å². The van der Waals surface area contributed by atoms with Crippen molar-refractivity contribution in [1.82, 2.24) is 20.6 Å². The molecule has 2 heterocycles. The first-order valence-electron chi connectivity index (χ1n) is 13.5. The van der Waals surface area contributed by atoms with Crippen LogP contribution in [-0.2, 0) is 9.59 Å². The smallest absolute Gasteiger partial charge is 0.305 e. The lowest BCUT2D eigenvalue weighted by molar-refractivity contribution is -0.137. The first-order chi connectivity index (χ1) is 19.9. The molecule has 2 atom stereocenters. The molecule has 2 aromatic carbocycles. The minimum Gasteiger partial charge on any atom is -0.481 e. The monoisotopic (exact) mass is 574 g/mol. The Morgan fingerprint density at radius 1 is 0.952 bits per heavy atom. The Labute approximate surface area is 242 Å². The molecule has 0 aliphatic carbocycles. The summed E-state index contributed by atoms with van der Waals surface area (Å²) in [5.41, 5.74) is 2.77. The number of hydrogen-bond donors (Lipinski definition) is 3. The van der Waals surface area contributed by atoms with Crippen LogP contribution in [0.1, 0.15) is 59.9 Å². The Kier molecular flexibility index (Phi) is 9.25. The number of fused-ring (bicyclic) bond motifs is 1. The van der Waals surface area contributed by atoms with Crippen molar-refractivity contribution in [3.05, 3.63) is 94.8 Å². The number of aromatic nitrogens is 2. The minimum absolute atomic E-state index is 0.0410. The van der Waals surface area contributed by atoms with Gasteiger partial charge in [0, 0.05) is 17.1 Å². The van der Waals surface area contributed by atoms with Crippen LogP contribution in [0.25, 0.3) is 22.2 Å². The first kappa shape index (κ1) is 30.2. The fourth-order valence-corrected chi connectivity index (χ4v) is 4.98. The number of carbonyl (C=O) groups is 3. The molecule has 0 fully saturated rings. The van der Waals surface area contributed by atoms with Crippen LogP contribution in [0.5, 0.6) is 0 Å². The summed E-state index contributed by atoms with van der Waals surface area (Å²) in [6.45, 7) is 7.36. The zero-order chi connectivity index (χ0) is 30.6. The lowest BCUT2D eigenvalue weighted by Crippen LogP contribution is -2.48. The van der Waals surface area contributed by atoms with Crippen LogP contribution in [0.15, 0.2) is 60.8 Å². The molecule has 0 saturated carbocycles. The molecule has 0 radical (unpaired) electrons. The molecule has 42 heavy (non-hydrogen) atoms.